The summed E-state index contributed by atoms with van der Waals surface area (Å²) in [5, 5.41) is 0.456. The van der Waals surface area contributed by atoms with Crippen molar-refractivity contribution in [1.82, 2.24) is 9.97 Å². The smallest absolute Gasteiger partial charge is 0.163 e. The number of hydrogen-bond donors (Lipinski definition) is 1. The number of imidazole rings is 1. The minimum atomic E-state index is -0.379. The highest BCUT2D eigenvalue weighted by Crippen LogP contribution is 2.35. The zero-order chi connectivity index (χ0) is 14.4. The number of nitrogens with one attached hydrogen (secondary N) is 1. The Morgan fingerprint density at radius 3 is 2.67 bits per heavy atom. The van der Waals surface area contributed by atoms with E-state index in [2.05, 4.69) is 9.97 Å². The molecular formula is C15H10ClFN2O2. The van der Waals surface area contributed by atoms with E-state index < -0.39 is 0 Å². The van der Waals surface area contributed by atoms with Crippen molar-refractivity contribution in [3.63, 3.8) is 0 Å². The first-order valence-electron chi connectivity index (χ1n) is 6.45. The summed E-state index contributed by atoms with van der Waals surface area (Å²) in [6.07, 6.45) is 0. The van der Waals surface area contributed by atoms with Crippen molar-refractivity contribution in [2.45, 2.75) is 0 Å². The van der Waals surface area contributed by atoms with Crippen LogP contribution in [0.25, 0.3) is 22.4 Å². The highest BCUT2D eigenvalue weighted by atomic mass is 35.5. The number of H-pyrrole nitrogens is 1. The topological polar surface area (TPSA) is 47.1 Å². The van der Waals surface area contributed by atoms with Crippen molar-refractivity contribution in [2.24, 2.45) is 0 Å². The average molecular weight is 305 g/mol. The zero-order valence-electron chi connectivity index (χ0n) is 10.8. The fraction of sp³-hybridized carbons (Fsp3) is 0.133. The summed E-state index contributed by atoms with van der Waals surface area (Å²) in [6, 6.07) is 7.96. The molecule has 1 aromatic heterocycles. The molecule has 0 saturated heterocycles. The molecule has 1 aliphatic heterocycles. The number of benzene rings is 2. The van der Waals surface area contributed by atoms with Crippen molar-refractivity contribution in [1.29, 1.82) is 0 Å². The van der Waals surface area contributed by atoms with Gasteiger partial charge in [-0.05, 0) is 18.2 Å². The van der Waals surface area contributed by atoms with Crippen LogP contribution in [0.1, 0.15) is 0 Å². The molecule has 0 aliphatic carbocycles. The van der Waals surface area contributed by atoms with Gasteiger partial charge in [0, 0.05) is 17.2 Å². The Kier molecular flexibility index (Phi) is 2.75. The SMILES string of the molecule is Fc1ccc(Cl)cc1-c1nc2cc3c(cc2[nH]1)OCCO3. The maximum absolute atomic E-state index is 13.9. The lowest BCUT2D eigenvalue weighted by Crippen LogP contribution is -2.15. The van der Waals surface area contributed by atoms with E-state index in [1.807, 2.05) is 6.07 Å². The first-order valence-corrected chi connectivity index (χ1v) is 6.83. The predicted molar refractivity (Wildman–Crippen MR) is 77.5 cm³/mol. The summed E-state index contributed by atoms with van der Waals surface area (Å²) in [6.45, 7) is 1.03. The number of nitrogens with zero attached hydrogens (tertiary/aromatic N) is 1. The third-order valence-electron chi connectivity index (χ3n) is 3.33. The summed E-state index contributed by atoms with van der Waals surface area (Å²) < 4.78 is 25.0. The Hall–Kier alpha value is -2.27. The van der Waals surface area contributed by atoms with Crippen LogP contribution in [0.15, 0.2) is 30.3 Å². The van der Waals surface area contributed by atoms with Gasteiger partial charge in [0.15, 0.2) is 11.5 Å². The number of rotatable bonds is 1. The summed E-state index contributed by atoms with van der Waals surface area (Å²) >= 11 is 5.92. The monoisotopic (exact) mass is 304 g/mol. The molecule has 2 heterocycles. The molecule has 21 heavy (non-hydrogen) atoms. The maximum atomic E-state index is 13.9. The van der Waals surface area contributed by atoms with Crippen LogP contribution in [0.4, 0.5) is 4.39 Å². The normalized spacial score (nSPS) is 13.6. The van der Waals surface area contributed by atoms with Gasteiger partial charge in [-0.1, -0.05) is 11.6 Å². The molecule has 3 aromatic rings. The van der Waals surface area contributed by atoms with E-state index in [0.717, 1.165) is 5.52 Å². The van der Waals surface area contributed by atoms with Crippen LogP contribution in [-0.4, -0.2) is 23.2 Å². The summed E-state index contributed by atoms with van der Waals surface area (Å²) in [4.78, 5) is 7.49. The molecule has 0 spiro atoms. The van der Waals surface area contributed by atoms with Crippen LogP contribution in [0.2, 0.25) is 5.02 Å². The van der Waals surface area contributed by atoms with Gasteiger partial charge >= 0.3 is 0 Å². The predicted octanol–water partition coefficient (Wildman–Crippen LogP) is 3.79. The molecule has 0 atom stereocenters. The van der Waals surface area contributed by atoms with Crippen molar-refractivity contribution < 1.29 is 13.9 Å². The Labute approximate surface area is 124 Å². The van der Waals surface area contributed by atoms with Gasteiger partial charge in [0.1, 0.15) is 24.9 Å². The maximum Gasteiger partial charge on any atom is 0.163 e. The molecule has 0 radical (unpaired) electrons. The lowest BCUT2D eigenvalue weighted by Gasteiger charge is -2.17. The van der Waals surface area contributed by atoms with Gasteiger partial charge in [0.2, 0.25) is 0 Å². The Balaban J connectivity index is 1.88. The molecule has 4 nitrogen and oxygen atoms in total. The van der Waals surface area contributed by atoms with E-state index in [1.165, 1.54) is 12.1 Å². The molecule has 0 unspecified atom stereocenters. The second-order valence-electron chi connectivity index (χ2n) is 4.72. The number of ether oxygens (including phenoxy) is 2. The van der Waals surface area contributed by atoms with Crippen LogP contribution in [0, 0.1) is 5.82 Å². The third-order valence-corrected chi connectivity index (χ3v) is 3.56. The number of aromatic amines is 1. The van der Waals surface area contributed by atoms with Crippen molar-refractivity contribution in [3.05, 3.63) is 41.2 Å². The molecule has 0 fully saturated rings. The molecular weight excluding hydrogens is 295 g/mol. The van der Waals surface area contributed by atoms with E-state index in [4.69, 9.17) is 21.1 Å². The minimum Gasteiger partial charge on any atom is -0.486 e. The largest absolute Gasteiger partial charge is 0.486 e. The summed E-state index contributed by atoms with van der Waals surface area (Å²) in [5.74, 6) is 1.36. The van der Waals surface area contributed by atoms with Gasteiger partial charge in [0.05, 0.1) is 16.6 Å². The van der Waals surface area contributed by atoms with Gasteiger partial charge in [0.25, 0.3) is 0 Å². The summed E-state index contributed by atoms with van der Waals surface area (Å²) in [5.41, 5.74) is 1.78. The highest BCUT2D eigenvalue weighted by molar-refractivity contribution is 6.30. The second-order valence-corrected chi connectivity index (χ2v) is 5.16. The molecule has 0 amide bonds. The van der Waals surface area contributed by atoms with Crippen molar-refractivity contribution in [3.8, 4) is 22.9 Å². The van der Waals surface area contributed by atoms with Crippen LogP contribution in [0.5, 0.6) is 11.5 Å². The first-order chi connectivity index (χ1) is 10.2. The number of fused-ring (bicyclic) bond motifs is 2. The molecule has 1 N–H and O–H groups in total. The zero-order valence-corrected chi connectivity index (χ0v) is 11.6. The molecule has 0 bridgehead atoms. The Morgan fingerprint density at radius 1 is 1.10 bits per heavy atom. The molecule has 6 heteroatoms. The lowest BCUT2D eigenvalue weighted by molar-refractivity contribution is 0.172. The van der Waals surface area contributed by atoms with Gasteiger partial charge in [-0.3, -0.25) is 0 Å². The van der Waals surface area contributed by atoms with Crippen molar-refractivity contribution in [2.75, 3.05) is 13.2 Å². The summed E-state index contributed by atoms with van der Waals surface area (Å²) in [7, 11) is 0. The molecule has 0 saturated carbocycles. The van der Waals surface area contributed by atoms with Gasteiger partial charge in [-0.2, -0.15) is 0 Å². The van der Waals surface area contributed by atoms with Crippen LogP contribution < -0.4 is 9.47 Å². The lowest BCUT2D eigenvalue weighted by atomic mass is 10.2. The van der Waals surface area contributed by atoms with E-state index >= 15 is 0 Å². The average Bonchev–Trinajstić information content (AvgIpc) is 2.89. The first kappa shape index (κ1) is 12.5. The molecule has 106 valence electrons. The van der Waals surface area contributed by atoms with Gasteiger partial charge in [-0.15, -0.1) is 0 Å². The van der Waals surface area contributed by atoms with E-state index in [-0.39, 0.29) is 5.82 Å². The number of halogens is 2. The van der Waals surface area contributed by atoms with Crippen LogP contribution in [-0.2, 0) is 0 Å². The third kappa shape index (κ3) is 2.10. The van der Waals surface area contributed by atoms with E-state index in [9.17, 15) is 4.39 Å². The minimum absolute atomic E-state index is 0.332. The van der Waals surface area contributed by atoms with Crippen LogP contribution in [0.3, 0.4) is 0 Å². The molecule has 1 aliphatic rings. The van der Waals surface area contributed by atoms with E-state index in [0.29, 0.717) is 46.6 Å². The fourth-order valence-corrected chi connectivity index (χ4v) is 2.53. The standard InChI is InChI=1S/C15H10ClFN2O2/c16-8-1-2-10(17)9(5-8)15-18-11-6-13-14(7-12(11)19-15)21-4-3-20-13/h1-2,5-7H,3-4H2,(H,18,19). The number of hydrogen-bond acceptors (Lipinski definition) is 3. The van der Waals surface area contributed by atoms with Gasteiger partial charge < -0.3 is 14.5 Å². The molecule has 2 aromatic carbocycles. The Morgan fingerprint density at radius 2 is 1.86 bits per heavy atom. The van der Waals surface area contributed by atoms with Crippen LogP contribution >= 0.6 is 11.6 Å². The second kappa shape index (κ2) is 4.63. The number of aromatic nitrogens is 2. The van der Waals surface area contributed by atoms with E-state index in [1.54, 1.807) is 12.1 Å². The fourth-order valence-electron chi connectivity index (χ4n) is 2.35. The van der Waals surface area contributed by atoms with Gasteiger partial charge in [-0.25, -0.2) is 9.37 Å². The quantitative estimate of drug-likeness (QED) is 0.744. The van der Waals surface area contributed by atoms with Crippen molar-refractivity contribution >= 4 is 22.6 Å². The highest BCUT2D eigenvalue weighted by Gasteiger charge is 2.16. The Bertz CT molecular complexity index is 804. The molecule has 4 rings (SSSR count).